The normalized spacial score (nSPS) is 16.1. The van der Waals surface area contributed by atoms with Gasteiger partial charge in [0.25, 0.3) is 5.91 Å². The number of nitrogens with one attached hydrogen (secondary N) is 1. The van der Waals surface area contributed by atoms with Crippen LogP contribution in [0.3, 0.4) is 0 Å². The van der Waals surface area contributed by atoms with E-state index in [-0.39, 0.29) is 17.3 Å². The maximum Gasteiger partial charge on any atom is 0.283 e. The molecule has 0 spiro atoms. The van der Waals surface area contributed by atoms with Gasteiger partial charge in [-0.2, -0.15) is 15.1 Å². The SMILES string of the molecule is CCOc1cc(/C=C2/C(=N)N3N=C(C(C)C)SC3=NC2=O)ccc1OCCOc1ccc(OC)cc1. The molecule has 0 saturated heterocycles. The number of amidine groups is 2. The highest BCUT2D eigenvalue weighted by Crippen LogP contribution is 2.33. The first-order valence-corrected chi connectivity index (χ1v) is 12.4. The Hall–Kier alpha value is -3.79. The molecule has 0 unspecified atom stereocenters. The van der Waals surface area contributed by atoms with Gasteiger partial charge < -0.3 is 18.9 Å². The number of hydrazone groups is 1. The van der Waals surface area contributed by atoms with E-state index in [1.54, 1.807) is 31.4 Å². The highest BCUT2D eigenvalue weighted by atomic mass is 32.2. The van der Waals surface area contributed by atoms with Crippen molar-refractivity contribution in [1.29, 1.82) is 5.41 Å². The molecule has 36 heavy (non-hydrogen) atoms. The van der Waals surface area contributed by atoms with Crippen molar-refractivity contribution in [2.75, 3.05) is 26.9 Å². The van der Waals surface area contributed by atoms with E-state index >= 15 is 0 Å². The van der Waals surface area contributed by atoms with Crippen molar-refractivity contribution in [3.63, 3.8) is 0 Å². The number of benzene rings is 2. The average Bonchev–Trinajstić information content (AvgIpc) is 3.30. The van der Waals surface area contributed by atoms with Gasteiger partial charge in [-0.1, -0.05) is 19.9 Å². The molecule has 2 heterocycles. The summed E-state index contributed by atoms with van der Waals surface area (Å²) in [4.78, 5) is 16.8. The molecule has 9 nitrogen and oxygen atoms in total. The second kappa shape index (κ2) is 11.3. The van der Waals surface area contributed by atoms with Crippen LogP contribution in [0.4, 0.5) is 0 Å². The Bertz CT molecular complexity index is 1240. The fourth-order valence-electron chi connectivity index (χ4n) is 3.39. The number of nitrogens with zero attached hydrogens (tertiary/aromatic N) is 3. The zero-order valence-corrected chi connectivity index (χ0v) is 21.4. The van der Waals surface area contributed by atoms with Gasteiger partial charge >= 0.3 is 0 Å². The number of methoxy groups -OCH3 is 1. The lowest BCUT2D eigenvalue weighted by molar-refractivity contribution is -0.114. The molecule has 2 aliphatic heterocycles. The monoisotopic (exact) mass is 508 g/mol. The molecule has 0 saturated carbocycles. The lowest BCUT2D eigenvalue weighted by Crippen LogP contribution is -2.35. The fraction of sp³-hybridized carbons (Fsp3) is 0.308. The van der Waals surface area contributed by atoms with Crippen LogP contribution in [-0.4, -0.2) is 53.9 Å². The zero-order chi connectivity index (χ0) is 25.7. The van der Waals surface area contributed by atoms with Gasteiger partial charge in [0.05, 0.1) is 19.3 Å². The third kappa shape index (κ3) is 5.71. The molecule has 0 radical (unpaired) electrons. The van der Waals surface area contributed by atoms with Crippen LogP contribution < -0.4 is 18.9 Å². The third-order valence-corrected chi connectivity index (χ3v) is 6.42. The molecule has 1 N–H and O–H groups in total. The summed E-state index contributed by atoms with van der Waals surface area (Å²) in [7, 11) is 1.62. The largest absolute Gasteiger partial charge is 0.497 e. The molecule has 0 atom stereocenters. The number of thioether (sulfide) groups is 1. The van der Waals surface area contributed by atoms with Crippen molar-refractivity contribution < 1.29 is 23.7 Å². The Kier molecular flexibility index (Phi) is 7.94. The first-order valence-electron chi connectivity index (χ1n) is 11.6. The Balaban J connectivity index is 1.44. The smallest absolute Gasteiger partial charge is 0.283 e. The molecule has 2 aromatic rings. The summed E-state index contributed by atoms with van der Waals surface area (Å²) in [6.07, 6.45) is 1.62. The van der Waals surface area contributed by atoms with Gasteiger partial charge in [-0.3, -0.25) is 10.2 Å². The van der Waals surface area contributed by atoms with Crippen LogP contribution in [0.5, 0.6) is 23.0 Å². The van der Waals surface area contributed by atoms with Crippen LogP contribution in [0, 0.1) is 11.3 Å². The Morgan fingerprint density at radius 3 is 2.44 bits per heavy atom. The summed E-state index contributed by atoms with van der Waals surface area (Å²) in [6.45, 7) is 7.01. The molecule has 0 fully saturated rings. The summed E-state index contributed by atoms with van der Waals surface area (Å²) in [6, 6.07) is 12.7. The minimum absolute atomic E-state index is 0.00196. The average molecular weight is 509 g/mol. The van der Waals surface area contributed by atoms with Crippen LogP contribution in [0.15, 0.2) is 58.1 Å². The van der Waals surface area contributed by atoms with Crippen molar-refractivity contribution in [1.82, 2.24) is 5.01 Å². The molecule has 0 aromatic heterocycles. The lowest BCUT2D eigenvalue weighted by Gasteiger charge is -2.20. The van der Waals surface area contributed by atoms with E-state index in [1.165, 1.54) is 16.8 Å². The lowest BCUT2D eigenvalue weighted by atomic mass is 10.1. The first kappa shape index (κ1) is 25.3. The summed E-state index contributed by atoms with van der Waals surface area (Å²) < 4.78 is 22.5. The zero-order valence-electron chi connectivity index (χ0n) is 20.6. The van der Waals surface area contributed by atoms with Gasteiger partial charge in [-0.15, -0.1) is 0 Å². The van der Waals surface area contributed by atoms with E-state index in [9.17, 15) is 4.79 Å². The predicted molar refractivity (Wildman–Crippen MR) is 141 cm³/mol. The second-order valence-corrected chi connectivity index (χ2v) is 9.11. The van der Waals surface area contributed by atoms with Crippen LogP contribution in [-0.2, 0) is 4.79 Å². The summed E-state index contributed by atoms with van der Waals surface area (Å²) >= 11 is 1.32. The first-order chi connectivity index (χ1) is 17.4. The van der Waals surface area contributed by atoms with Crippen molar-refractivity contribution in [3.8, 4) is 23.0 Å². The van der Waals surface area contributed by atoms with E-state index < -0.39 is 5.91 Å². The van der Waals surface area contributed by atoms with Gasteiger partial charge in [0, 0.05) is 5.92 Å². The Morgan fingerprint density at radius 1 is 1.03 bits per heavy atom. The van der Waals surface area contributed by atoms with Gasteiger partial charge in [-0.05, 0) is 66.7 Å². The number of ether oxygens (including phenoxy) is 4. The number of carbonyl (C=O) groups excluding carboxylic acids is 1. The maximum absolute atomic E-state index is 12.7. The molecule has 2 aliphatic rings. The number of hydrogen-bond acceptors (Lipinski definition) is 8. The number of aliphatic imine (C=N–C) groups is 1. The van der Waals surface area contributed by atoms with Crippen LogP contribution >= 0.6 is 11.8 Å². The van der Waals surface area contributed by atoms with E-state index in [0.717, 1.165) is 16.5 Å². The number of hydrogen-bond donors (Lipinski definition) is 1. The van der Waals surface area contributed by atoms with Gasteiger partial charge in [0.1, 0.15) is 29.8 Å². The predicted octanol–water partition coefficient (Wildman–Crippen LogP) is 4.83. The molecule has 4 rings (SSSR count). The topological polar surface area (TPSA) is 106 Å². The second-order valence-electron chi connectivity index (χ2n) is 8.12. The van der Waals surface area contributed by atoms with Crippen molar-refractivity contribution in [2.24, 2.45) is 16.0 Å². The third-order valence-electron chi connectivity index (χ3n) is 5.21. The molecular weight excluding hydrogens is 480 g/mol. The van der Waals surface area contributed by atoms with E-state index in [2.05, 4.69) is 10.1 Å². The number of carbonyl (C=O) groups is 1. The Morgan fingerprint density at radius 2 is 1.75 bits per heavy atom. The molecular formula is C26H28N4O5S. The summed E-state index contributed by atoms with van der Waals surface area (Å²) in [5.74, 6) is 2.30. The molecule has 1 amide bonds. The Labute approximate surface area is 214 Å². The molecule has 0 aliphatic carbocycles. The molecule has 10 heteroatoms. The molecule has 188 valence electrons. The quantitative estimate of drug-likeness (QED) is 0.362. The minimum atomic E-state index is -0.465. The van der Waals surface area contributed by atoms with E-state index in [0.29, 0.717) is 42.1 Å². The van der Waals surface area contributed by atoms with Crippen LogP contribution in [0.25, 0.3) is 6.08 Å². The summed E-state index contributed by atoms with van der Waals surface area (Å²) in [5, 5.41) is 15.6. The minimum Gasteiger partial charge on any atom is -0.497 e. The highest BCUT2D eigenvalue weighted by molar-refractivity contribution is 8.27. The summed E-state index contributed by atoms with van der Waals surface area (Å²) in [5.41, 5.74) is 0.851. The van der Waals surface area contributed by atoms with Gasteiger partial charge in [0.2, 0.25) is 5.17 Å². The van der Waals surface area contributed by atoms with E-state index in [1.807, 2.05) is 45.0 Å². The van der Waals surface area contributed by atoms with Gasteiger partial charge in [-0.25, -0.2) is 0 Å². The number of amides is 1. The van der Waals surface area contributed by atoms with E-state index in [4.69, 9.17) is 24.4 Å². The number of rotatable bonds is 10. The van der Waals surface area contributed by atoms with Gasteiger partial charge in [0.15, 0.2) is 17.3 Å². The van der Waals surface area contributed by atoms with Crippen molar-refractivity contribution in [3.05, 3.63) is 53.6 Å². The van der Waals surface area contributed by atoms with Crippen molar-refractivity contribution in [2.45, 2.75) is 20.8 Å². The standard InChI is InChI=1S/C26H28N4O5S/c1-5-33-22-15-17(6-11-21(22)35-13-12-34-19-9-7-18(32-4)8-10-19)14-20-23(27)30-26(28-24(20)31)36-25(29-30)16(2)3/h6-11,14-16,27H,5,12-13H2,1-4H3/b20-14-,27-23?. The molecule has 0 bridgehead atoms. The van der Waals surface area contributed by atoms with Crippen LogP contribution in [0.2, 0.25) is 0 Å². The maximum atomic E-state index is 12.7. The fourth-order valence-corrected chi connectivity index (χ4v) is 4.28. The molecule has 2 aromatic carbocycles. The highest BCUT2D eigenvalue weighted by Gasteiger charge is 2.36. The number of fused-ring (bicyclic) bond motifs is 1. The van der Waals surface area contributed by atoms with Crippen LogP contribution in [0.1, 0.15) is 26.3 Å². The van der Waals surface area contributed by atoms with Crippen molar-refractivity contribution >= 4 is 39.8 Å².